The van der Waals surface area contributed by atoms with Crippen LogP contribution in [0.2, 0.25) is 0 Å². The molecular formula is C16H18N2O2. The van der Waals surface area contributed by atoms with Gasteiger partial charge in [0.15, 0.2) is 0 Å². The highest BCUT2D eigenvalue weighted by molar-refractivity contribution is 5.99. The average molecular weight is 270 g/mol. The van der Waals surface area contributed by atoms with Gasteiger partial charge in [-0.15, -0.1) is 0 Å². The highest BCUT2D eigenvalue weighted by atomic mass is 16.5. The Morgan fingerprint density at radius 2 is 2.00 bits per heavy atom. The van der Waals surface area contributed by atoms with Crippen molar-refractivity contribution in [3.63, 3.8) is 0 Å². The SMILES string of the molecule is COc1ccc(N)c(C(=O)NCc2ccccc2C)c1. The zero-order valence-electron chi connectivity index (χ0n) is 11.6. The van der Waals surface area contributed by atoms with Gasteiger partial charge in [0.2, 0.25) is 0 Å². The van der Waals surface area contributed by atoms with Gasteiger partial charge >= 0.3 is 0 Å². The van der Waals surface area contributed by atoms with Gasteiger partial charge in [0.05, 0.1) is 12.7 Å². The maximum Gasteiger partial charge on any atom is 0.253 e. The summed E-state index contributed by atoms with van der Waals surface area (Å²) >= 11 is 0. The lowest BCUT2D eigenvalue weighted by Crippen LogP contribution is -2.24. The minimum absolute atomic E-state index is 0.204. The van der Waals surface area contributed by atoms with Crippen LogP contribution in [-0.2, 0) is 6.54 Å². The van der Waals surface area contributed by atoms with Gasteiger partial charge in [0, 0.05) is 12.2 Å². The van der Waals surface area contributed by atoms with Crippen LogP contribution < -0.4 is 15.8 Å². The standard InChI is InChI=1S/C16H18N2O2/c1-11-5-3-4-6-12(11)10-18-16(19)14-9-13(20-2)7-8-15(14)17/h3-9H,10,17H2,1-2H3,(H,18,19). The molecule has 20 heavy (non-hydrogen) atoms. The molecule has 0 heterocycles. The third-order valence-corrected chi connectivity index (χ3v) is 3.21. The number of hydrogen-bond donors (Lipinski definition) is 2. The van der Waals surface area contributed by atoms with Crippen LogP contribution in [0.1, 0.15) is 21.5 Å². The number of nitrogen functional groups attached to an aromatic ring is 1. The number of hydrogen-bond acceptors (Lipinski definition) is 3. The molecule has 0 saturated carbocycles. The van der Waals surface area contributed by atoms with E-state index in [4.69, 9.17) is 10.5 Å². The first-order valence-electron chi connectivity index (χ1n) is 6.38. The van der Waals surface area contributed by atoms with Gasteiger partial charge in [0.25, 0.3) is 5.91 Å². The molecule has 0 unspecified atom stereocenters. The van der Waals surface area contributed by atoms with Gasteiger partial charge in [0.1, 0.15) is 5.75 Å². The van der Waals surface area contributed by atoms with Gasteiger partial charge in [-0.25, -0.2) is 0 Å². The van der Waals surface area contributed by atoms with E-state index in [1.165, 1.54) is 0 Å². The number of amides is 1. The number of ether oxygens (including phenoxy) is 1. The van der Waals surface area contributed by atoms with Crippen LogP contribution in [0.4, 0.5) is 5.69 Å². The summed E-state index contributed by atoms with van der Waals surface area (Å²) in [6.45, 7) is 2.49. The summed E-state index contributed by atoms with van der Waals surface area (Å²) in [4.78, 5) is 12.2. The average Bonchev–Trinajstić information content (AvgIpc) is 2.46. The van der Waals surface area contributed by atoms with E-state index >= 15 is 0 Å². The summed E-state index contributed by atoms with van der Waals surface area (Å²) in [5.41, 5.74) is 8.92. The Morgan fingerprint density at radius 3 is 2.70 bits per heavy atom. The van der Waals surface area contributed by atoms with E-state index in [0.29, 0.717) is 23.5 Å². The second kappa shape index (κ2) is 6.10. The molecule has 3 N–H and O–H groups in total. The third-order valence-electron chi connectivity index (χ3n) is 3.21. The number of methoxy groups -OCH3 is 1. The molecular weight excluding hydrogens is 252 g/mol. The lowest BCUT2D eigenvalue weighted by Gasteiger charge is -2.10. The minimum atomic E-state index is -0.204. The number of rotatable bonds is 4. The summed E-state index contributed by atoms with van der Waals surface area (Å²) < 4.78 is 5.11. The zero-order chi connectivity index (χ0) is 14.5. The first kappa shape index (κ1) is 13.9. The summed E-state index contributed by atoms with van der Waals surface area (Å²) in [5.74, 6) is 0.407. The van der Waals surface area contributed by atoms with Crippen LogP contribution in [0.3, 0.4) is 0 Å². The van der Waals surface area contributed by atoms with Crippen LogP contribution in [-0.4, -0.2) is 13.0 Å². The summed E-state index contributed by atoms with van der Waals surface area (Å²) in [7, 11) is 1.56. The second-order valence-electron chi connectivity index (χ2n) is 4.56. The van der Waals surface area contributed by atoms with Crippen molar-refractivity contribution in [2.45, 2.75) is 13.5 Å². The van der Waals surface area contributed by atoms with Crippen molar-refractivity contribution in [2.75, 3.05) is 12.8 Å². The molecule has 0 atom stereocenters. The van der Waals surface area contributed by atoms with Gasteiger partial charge in [-0.3, -0.25) is 4.79 Å². The van der Waals surface area contributed by atoms with Crippen molar-refractivity contribution in [1.82, 2.24) is 5.32 Å². The van der Waals surface area contributed by atoms with E-state index in [0.717, 1.165) is 11.1 Å². The number of aryl methyl sites for hydroxylation is 1. The molecule has 0 bridgehead atoms. The molecule has 2 aromatic carbocycles. The Balaban J connectivity index is 2.11. The number of carbonyl (C=O) groups excluding carboxylic acids is 1. The van der Waals surface area contributed by atoms with Crippen molar-refractivity contribution < 1.29 is 9.53 Å². The maximum absolute atomic E-state index is 12.2. The molecule has 0 aliphatic heterocycles. The number of nitrogens with one attached hydrogen (secondary N) is 1. The molecule has 104 valence electrons. The van der Waals surface area contributed by atoms with Crippen LogP contribution in [0.5, 0.6) is 5.75 Å². The number of anilines is 1. The molecule has 4 nitrogen and oxygen atoms in total. The molecule has 0 aliphatic carbocycles. The summed E-state index contributed by atoms with van der Waals surface area (Å²) in [6.07, 6.45) is 0. The molecule has 0 radical (unpaired) electrons. The van der Waals surface area contributed by atoms with Crippen molar-refractivity contribution >= 4 is 11.6 Å². The van der Waals surface area contributed by atoms with Crippen molar-refractivity contribution in [1.29, 1.82) is 0 Å². The normalized spacial score (nSPS) is 10.1. The number of nitrogens with two attached hydrogens (primary N) is 1. The van der Waals surface area contributed by atoms with Crippen LogP contribution in [0, 0.1) is 6.92 Å². The second-order valence-corrected chi connectivity index (χ2v) is 4.56. The highest BCUT2D eigenvalue weighted by Gasteiger charge is 2.11. The monoisotopic (exact) mass is 270 g/mol. The smallest absolute Gasteiger partial charge is 0.253 e. The van der Waals surface area contributed by atoms with E-state index < -0.39 is 0 Å². The Hall–Kier alpha value is -2.49. The van der Waals surface area contributed by atoms with Crippen molar-refractivity contribution in [2.24, 2.45) is 0 Å². The fourth-order valence-corrected chi connectivity index (χ4v) is 1.94. The van der Waals surface area contributed by atoms with Crippen LogP contribution in [0.25, 0.3) is 0 Å². The topological polar surface area (TPSA) is 64.3 Å². The van der Waals surface area contributed by atoms with Crippen LogP contribution in [0.15, 0.2) is 42.5 Å². The predicted octanol–water partition coefficient (Wildman–Crippen LogP) is 2.52. The fraction of sp³-hybridized carbons (Fsp3) is 0.188. The molecule has 0 aliphatic rings. The Labute approximate surface area is 118 Å². The number of carbonyl (C=O) groups is 1. The first-order valence-corrected chi connectivity index (χ1v) is 6.38. The van der Waals surface area contributed by atoms with Crippen LogP contribution >= 0.6 is 0 Å². The molecule has 0 spiro atoms. The molecule has 2 rings (SSSR count). The lowest BCUT2D eigenvalue weighted by molar-refractivity contribution is 0.0951. The highest BCUT2D eigenvalue weighted by Crippen LogP contribution is 2.19. The minimum Gasteiger partial charge on any atom is -0.497 e. The van der Waals surface area contributed by atoms with E-state index in [1.807, 2.05) is 31.2 Å². The molecule has 0 saturated heterocycles. The van der Waals surface area contributed by atoms with E-state index in [2.05, 4.69) is 5.32 Å². The van der Waals surface area contributed by atoms with Crippen molar-refractivity contribution in [3.05, 3.63) is 59.2 Å². The molecule has 0 aromatic heterocycles. The zero-order valence-corrected chi connectivity index (χ0v) is 11.6. The van der Waals surface area contributed by atoms with Crippen molar-refractivity contribution in [3.8, 4) is 5.75 Å². The Morgan fingerprint density at radius 1 is 1.25 bits per heavy atom. The number of benzene rings is 2. The molecule has 0 fully saturated rings. The third kappa shape index (κ3) is 3.09. The van der Waals surface area contributed by atoms with Gasteiger partial charge in [-0.05, 0) is 36.2 Å². The van der Waals surface area contributed by atoms with E-state index in [9.17, 15) is 4.79 Å². The predicted molar refractivity (Wildman–Crippen MR) is 79.8 cm³/mol. The maximum atomic E-state index is 12.2. The van der Waals surface area contributed by atoms with Gasteiger partial charge in [-0.1, -0.05) is 24.3 Å². The molecule has 2 aromatic rings. The van der Waals surface area contributed by atoms with Gasteiger partial charge in [-0.2, -0.15) is 0 Å². The fourth-order valence-electron chi connectivity index (χ4n) is 1.94. The summed E-state index contributed by atoms with van der Waals surface area (Å²) in [5, 5.41) is 2.87. The van der Waals surface area contributed by atoms with Gasteiger partial charge < -0.3 is 15.8 Å². The summed E-state index contributed by atoms with van der Waals surface area (Å²) in [6, 6.07) is 13.0. The largest absolute Gasteiger partial charge is 0.497 e. The van der Waals surface area contributed by atoms with E-state index in [-0.39, 0.29) is 5.91 Å². The van der Waals surface area contributed by atoms with E-state index in [1.54, 1.807) is 25.3 Å². The quantitative estimate of drug-likeness (QED) is 0.839. The lowest BCUT2D eigenvalue weighted by atomic mass is 10.1. The Bertz CT molecular complexity index is 624. The molecule has 4 heteroatoms. The Kier molecular flexibility index (Phi) is 4.25. The first-order chi connectivity index (χ1) is 9.61. The molecule has 1 amide bonds.